The van der Waals surface area contributed by atoms with Crippen LogP contribution in [0.1, 0.15) is 38.5 Å². The Bertz CT molecular complexity index is 295. The lowest BCUT2D eigenvalue weighted by Crippen LogP contribution is -2.40. The molecule has 0 aromatic rings. The number of hydrogen-bond donors (Lipinski definition) is 0. The van der Waals surface area contributed by atoms with Gasteiger partial charge in [0.25, 0.3) is 0 Å². The Morgan fingerprint density at radius 3 is 2.44 bits per heavy atom. The van der Waals surface area contributed by atoms with E-state index < -0.39 is 8.32 Å². The molecule has 0 aromatic heterocycles. The van der Waals surface area contributed by atoms with Crippen LogP contribution in [0.2, 0.25) is 19.1 Å². The van der Waals surface area contributed by atoms with E-state index in [0.29, 0.717) is 24.4 Å². The highest BCUT2D eigenvalue weighted by Crippen LogP contribution is 2.35. The van der Waals surface area contributed by atoms with Crippen LogP contribution in [-0.4, -0.2) is 39.3 Å². The van der Waals surface area contributed by atoms with Crippen LogP contribution in [0.3, 0.4) is 0 Å². The summed E-state index contributed by atoms with van der Waals surface area (Å²) in [7, 11) is -1.44. The van der Waals surface area contributed by atoms with E-state index in [1.165, 1.54) is 25.3 Å². The number of hydrogen-bond acceptors (Lipinski definition) is 3. The zero-order valence-electron chi connectivity index (χ0n) is 11.7. The maximum atomic E-state index is 6.45. The summed E-state index contributed by atoms with van der Waals surface area (Å²) < 4.78 is 18.7. The largest absolute Gasteiger partial charge is 0.412 e. The van der Waals surface area contributed by atoms with Crippen molar-refractivity contribution in [3.05, 3.63) is 0 Å². The van der Waals surface area contributed by atoms with E-state index in [0.717, 1.165) is 25.9 Å². The number of ether oxygens (including phenoxy) is 2. The Hall–Kier alpha value is 0.0969. The maximum Gasteiger partial charge on any atom is 0.187 e. The molecule has 0 unspecified atom stereocenters. The first-order valence-corrected chi connectivity index (χ1v) is 10.7. The average Bonchev–Trinajstić information content (AvgIpc) is 2.57. The lowest BCUT2D eigenvalue weighted by atomic mass is 10.0. The Morgan fingerprint density at radius 2 is 1.56 bits per heavy atom. The Labute approximate surface area is 111 Å². The maximum absolute atomic E-state index is 6.45. The summed E-state index contributed by atoms with van der Waals surface area (Å²) in [5.41, 5.74) is 0. The molecule has 3 saturated heterocycles. The van der Waals surface area contributed by atoms with E-state index in [-0.39, 0.29) is 0 Å². The normalized spacial score (nSPS) is 44.3. The molecule has 0 aromatic carbocycles. The fourth-order valence-corrected chi connectivity index (χ4v) is 5.91. The van der Waals surface area contributed by atoms with Gasteiger partial charge in [-0.1, -0.05) is 6.42 Å². The van der Waals surface area contributed by atoms with Gasteiger partial charge in [0.1, 0.15) is 0 Å². The van der Waals surface area contributed by atoms with Crippen molar-refractivity contribution in [2.24, 2.45) is 0 Å². The first-order chi connectivity index (χ1) is 8.64. The van der Waals surface area contributed by atoms with Gasteiger partial charge in [-0.25, -0.2) is 0 Å². The van der Waals surface area contributed by atoms with Gasteiger partial charge in [-0.15, -0.1) is 0 Å². The third-order valence-electron chi connectivity index (χ3n) is 4.62. The third-order valence-corrected chi connectivity index (χ3v) is 7.12. The molecule has 104 valence electrons. The van der Waals surface area contributed by atoms with Crippen LogP contribution in [0, 0.1) is 0 Å². The summed E-state index contributed by atoms with van der Waals surface area (Å²) in [6.45, 7) is 5.62. The van der Waals surface area contributed by atoms with E-state index in [4.69, 9.17) is 13.9 Å². The first-order valence-electron chi connectivity index (χ1n) is 7.59. The van der Waals surface area contributed by atoms with Crippen LogP contribution in [0.5, 0.6) is 0 Å². The first kappa shape index (κ1) is 13.1. The van der Waals surface area contributed by atoms with Crippen LogP contribution in [0.15, 0.2) is 0 Å². The molecule has 0 N–H and O–H groups in total. The van der Waals surface area contributed by atoms with E-state index >= 15 is 0 Å². The highest BCUT2D eigenvalue weighted by atomic mass is 28.4. The van der Waals surface area contributed by atoms with Gasteiger partial charge in [-0.05, 0) is 51.2 Å². The van der Waals surface area contributed by atoms with Crippen LogP contribution in [-0.2, 0) is 13.9 Å². The van der Waals surface area contributed by atoms with Gasteiger partial charge in [0.15, 0.2) is 8.32 Å². The fourth-order valence-electron chi connectivity index (χ4n) is 3.65. The lowest BCUT2D eigenvalue weighted by Gasteiger charge is -2.32. The smallest absolute Gasteiger partial charge is 0.187 e. The van der Waals surface area contributed by atoms with Crippen molar-refractivity contribution < 1.29 is 13.9 Å². The van der Waals surface area contributed by atoms with Crippen molar-refractivity contribution in [1.29, 1.82) is 0 Å². The van der Waals surface area contributed by atoms with Crippen molar-refractivity contribution in [2.45, 2.75) is 82.1 Å². The van der Waals surface area contributed by atoms with E-state index in [9.17, 15) is 0 Å². The Kier molecular flexibility index (Phi) is 3.81. The zero-order chi connectivity index (χ0) is 12.6. The molecule has 4 heteroatoms. The predicted octanol–water partition coefficient (Wildman–Crippen LogP) is 3.10. The second-order valence-electron chi connectivity index (χ2n) is 6.65. The van der Waals surface area contributed by atoms with Gasteiger partial charge in [0, 0.05) is 6.61 Å². The van der Waals surface area contributed by atoms with Gasteiger partial charge in [0.05, 0.1) is 24.4 Å². The highest BCUT2D eigenvalue weighted by molar-refractivity contribution is 6.71. The van der Waals surface area contributed by atoms with Gasteiger partial charge < -0.3 is 13.9 Å². The van der Waals surface area contributed by atoms with Crippen LogP contribution in [0.25, 0.3) is 0 Å². The molecule has 3 aliphatic heterocycles. The Balaban J connectivity index is 1.72. The van der Waals surface area contributed by atoms with Crippen molar-refractivity contribution in [2.75, 3.05) is 6.61 Å². The molecular formula is C14H26O3Si. The molecule has 0 spiro atoms. The van der Waals surface area contributed by atoms with Gasteiger partial charge in [-0.3, -0.25) is 0 Å². The molecule has 0 saturated carbocycles. The van der Waals surface area contributed by atoms with Crippen molar-refractivity contribution in [3.8, 4) is 0 Å². The second kappa shape index (κ2) is 5.23. The molecule has 0 bridgehead atoms. The highest BCUT2D eigenvalue weighted by Gasteiger charge is 2.41. The molecule has 3 aliphatic rings. The molecule has 3 heterocycles. The van der Waals surface area contributed by atoms with Crippen molar-refractivity contribution in [1.82, 2.24) is 0 Å². The monoisotopic (exact) mass is 270 g/mol. The second-order valence-corrected chi connectivity index (χ2v) is 10.9. The van der Waals surface area contributed by atoms with E-state index in [2.05, 4.69) is 13.1 Å². The SMILES string of the molecule is C[Si]1(C)CCC[C@H]2O[C@H]3CCCO[C@@H]3CC[C@@H]2O1. The van der Waals surface area contributed by atoms with Crippen LogP contribution >= 0.6 is 0 Å². The van der Waals surface area contributed by atoms with E-state index in [1.807, 2.05) is 0 Å². The average molecular weight is 270 g/mol. The quantitative estimate of drug-likeness (QED) is 0.633. The van der Waals surface area contributed by atoms with Gasteiger partial charge >= 0.3 is 0 Å². The predicted molar refractivity (Wildman–Crippen MR) is 73.3 cm³/mol. The molecule has 4 atom stereocenters. The molecule has 18 heavy (non-hydrogen) atoms. The van der Waals surface area contributed by atoms with Crippen LogP contribution < -0.4 is 0 Å². The molecule has 0 amide bonds. The molecule has 3 rings (SSSR count). The Morgan fingerprint density at radius 1 is 0.833 bits per heavy atom. The molecular weight excluding hydrogens is 244 g/mol. The summed E-state index contributed by atoms with van der Waals surface area (Å²) in [5, 5.41) is 0. The lowest BCUT2D eigenvalue weighted by molar-refractivity contribution is -0.131. The standard InChI is InChI=1S/C14H26O3Si/c1-18(2)10-4-6-13-14(17-18)8-7-11-12(16-13)5-3-9-15-11/h11-14H,3-10H2,1-2H3/t11-,12+,13-,14+/m1/s1. The minimum Gasteiger partial charge on any atom is -0.412 e. The summed E-state index contributed by atoms with van der Waals surface area (Å²) >= 11 is 0. The summed E-state index contributed by atoms with van der Waals surface area (Å²) in [6, 6.07) is 1.29. The van der Waals surface area contributed by atoms with Gasteiger partial charge in [0.2, 0.25) is 0 Å². The molecule has 0 radical (unpaired) electrons. The minimum atomic E-state index is -1.44. The minimum absolute atomic E-state index is 0.330. The summed E-state index contributed by atoms with van der Waals surface area (Å²) in [6.07, 6.45) is 8.37. The topological polar surface area (TPSA) is 27.7 Å². The molecule has 0 aliphatic carbocycles. The van der Waals surface area contributed by atoms with Crippen molar-refractivity contribution in [3.63, 3.8) is 0 Å². The van der Waals surface area contributed by atoms with E-state index in [1.54, 1.807) is 0 Å². The molecule has 3 fully saturated rings. The van der Waals surface area contributed by atoms with Gasteiger partial charge in [-0.2, -0.15) is 0 Å². The fraction of sp³-hybridized carbons (Fsp3) is 1.00. The number of rotatable bonds is 0. The summed E-state index contributed by atoms with van der Waals surface area (Å²) in [4.78, 5) is 0. The third kappa shape index (κ3) is 2.82. The van der Waals surface area contributed by atoms with Crippen LogP contribution in [0.4, 0.5) is 0 Å². The zero-order valence-corrected chi connectivity index (χ0v) is 12.7. The molecule has 3 nitrogen and oxygen atoms in total. The number of fused-ring (bicyclic) bond motifs is 2. The van der Waals surface area contributed by atoms with Crippen molar-refractivity contribution >= 4 is 8.32 Å². The summed E-state index contributed by atoms with van der Waals surface area (Å²) in [5.74, 6) is 0.